The molecule has 1 aromatic carbocycles. The van der Waals surface area contributed by atoms with Crippen LogP contribution in [0.4, 0.5) is 0 Å². The van der Waals surface area contributed by atoms with Crippen LogP contribution in [-0.2, 0) is 6.42 Å². The Hall–Kier alpha value is 0.804. The van der Waals surface area contributed by atoms with Gasteiger partial charge in [0.25, 0.3) is 0 Å². The predicted octanol–water partition coefficient (Wildman–Crippen LogP) is 2.37. The molecule has 0 bridgehead atoms. The quantitative estimate of drug-likeness (QED) is 0.688. The molecule has 0 unspecified atom stereocenters. The summed E-state index contributed by atoms with van der Waals surface area (Å²) in [7, 11) is 0. The van der Waals surface area contributed by atoms with Crippen LogP contribution in [0.3, 0.4) is 0 Å². The van der Waals surface area contributed by atoms with Gasteiger partial charge in [0.15, 0.2) is 0 Å². The topological polar surface area (TPSA) is 0 Å². The van der Waals surface area contributed by atoms with E-state index in [1.807, 2.05) is 0 Å². The normalized spacial score (nSPS) is 8.60. The SMILES string of the molecule is [CH2-]Cc1cccc(C)c1.[Eu]. The maximum absolute atomic E-state index is 3.80. The molecule has 0 nitrogen and oxygen atoms in total. The Morgan fingerprint density at radius 2 is 2.10 bits per heavy atom. The largest absolute Gasteiger partial charge is 0.339 e. The standard InChI is InChI=1S/C9H11.Eu/c1-3-9-6-4-5-8(2)7-9;/h4-7H,1,3H2,2H3;/q-1;. The van der Waals surface area contributed by atoms with Gasteiger partial charge in [0.05, 0.1) is 0 Å². The van der Waals surface area contributed by atoms with Crippen LogP contribution in [0.5, 0.6) is 0 Å². The minimum atomic E-state index is 0. The molecule has 0 atom stereocenters. The van der Waals surface area contributed by atoms with Gasteiger partial charge in [0, 0.05) is 49.4 Å². The average Bonchev–Trinajstić information content (AvgIpc) is 1.88. The van der Waals surface area contributed by atoms with Gasteiger partial charge in [-0.3, -0.25) is 0 Å². The van der Waals surface area contributed by atoms with E-state index in [1.165, 1.54) is 11.1 Å². The fourth-order valence-electron chi connectivity index (χ4n) is 0.868. The molecule has 1 heteroatoms. The van der Waals surface area contributed by atoms with Gasteiger partial charge in [-0.2, -0.15) is 6.42 Å². The zero-order chi connectivity index (χ0) is 6.69. The van der Waals surface area contributed by atoms with Crippen molar-refractivity contribution >= 4 is 0 Å². The Kier molecular flexibility index (Phi) is 5.89. The zero-order valence-electron chi connectivity index (χ0n) is 6.10. The van der Waals surface area contributed by atoms with Gasteiger partial charge in [-0.25, -0.2) is 0 Å². The number of hydrogen-bond donors (Lipinski definition) is 0. The first-order valence-electron chi connectivity index (χ1n) is 3.17. The van der Waals surface area contributed by atoms with E-state index in [9.17, 15) is 0 Å². The molecular weight excluding hydrogens is 260 g/mol. The first kappa shape index (κ1) is 10.8. The number of hydrogen-bond acceptors (Lipinski definition) is 0. The van der Waals surface area contributed by atoms with Gasteiger partial charge in [-0.1, -0.05) is 35.4 Å². The van der Waals surface area contributed by atoms with E-state index in [-0.39, 0.29) is 49.4 Å². The maximum atomic E-state index is 3.80. The molecule has 0 spiro atoms. The molecule has 0 fully saturated rings. The molecule has 1 aromatic rings. The summed E-state index contributed by atoms with van der Waals surface area (Å²) in [5, 5.41) is 0. The second-order valence-corrected chi connectivity index (χ2v) is 2.24. The number of aryl methyl sites for hydroxylation is 1. The molecule has 1 radical (unpaired) electrons. The molecule has 0 aliphatic carbocycles. The van der Waals surface area contributed by atoms with Crippen LogP contribution in [0.1, 0.15) is 11.1 Å². The van der Waals surface area contributed by atoms with Gasteiger partial charge in [0.2, 0.25) is 0 Å². The summed E-state index contributed by atoms with van der Waals surface area (Å²) in [4.78, 5) is 0. The third kappa shape index (κ3) is 3.27. The van der Waals surface area contributed by atoms with Gasteiger partial charge in [-0.15, -0.1) is 0 Å². The Balaban J connectivity index is 0.000000810. The van der Waals surface area contributed by atoms with Crippen molar-refractivity contribution in [2.75, 3.05) is 0 Å². The van der Waals surface area contributed by atoms with E-state index < -0.39 is 0 Å². The van der Waals surface area contributed by atoms with Crippen LogP contribution < -0.4 is 0 Å². The summed E-state index contributed by atoms with van der Waals surface area (Å²) in [5.41, 5.74) is 2.63. The van der Waals surface area contributed by atoms with Crippen molar-refractivity contribution in [2.24, 2.45) is 0 Å². The summed E-state index contributed by atoms with van der Waals surface area (Å²) >= 11 is 0. The third-order valence-corrected chi connectivity index (χ3v) is 1.37. The Morgan fingerprint density at radius 3 is 2.50 bits per heavy atom. The van der Waals surface area contributed by atoms with Crippen molar-refractivity contribution in [1.82, 2.24) is 0 Å². The van der Waals surface area contributed by atoms with Crippen molar-refractivity contribution in [3.05, 3.63) is 42.3 Å². The van der Waals surface area contributed by atoms with E-state index in [0.29, 0.717) is 0 Å². The van der Waals surface area contributed by atoms with Crippen molar-refractivity contribution in [3.8, 4) is 0 Å². The van der Waals surface area contributed by atoms with Gasteiger partial charge >= 0.3 is 0 Å². The van der Waals surface area contributed by atoms with E-state index >= 15 is 0 Å². The Morgan fingerprint density at radius 1 is 1.40 bits per heavy atom. The second-order valence-electron chi connectivity index (χ2n) is 2.24. The monoisotopic (exact) mass is 272 g/mol. The molecule has 0 aliphatic heterocycles. The minimum absolute atomic E-state index is 0. The fourth-order valence-corrected chi connectivity index (χ4v) is 0.868. The first-order valence-corrected chi connectivity index (χ1v) is 3.17. The summed E-state index contributed by atoms with van der Waals surface area (Å²) in [6, 6.07) is 8.42. The Bertz CT molecular complexity index is 194. The van der Waals surface area contributed by atoms with Crippen molar-refractivity contribution in [2.45, 2.75) is 13.3 Å². The van der Waals surface area contributed by atoms with Crippen LogP contribution in [0.15, 0.2) is 24.3 Å². The molecule has 0 aliphatic rings. The van der Waals surface area contributed by atoms with Gasteiger partial charge < -0.3 is 6.92 Å². The van der Waals surface area contributed by atoms with Crippen molar-refractivity contribution < 1.29 is 49.4 Å². The molecular formula is C9H11Eu-. The van der Waals surface area contributed by atoms with E-state index in [1.54, 1.807) is 0 Å². The molecule has 55 valence electrons. The minimum Gasteiger partial charge on any atom is -0.339 e. The molecule has 10 heavy (non-hydrogen) atoms. The van der Waals surface area contributed by atoms with E-state index in [2.05, 4.69) is 38.1 Å². The molecule has 0 aromatic heterocycles. The smallest absolute Gasteiger partial charge is 0 e. The predicted molar refractivity (Wildman–Crippen MR) is 40.2 cm³/mol. The van der Waals surface area contributed by atoms with E-state index in [0.717, 1.165) is 6.42 Å². The van der Waals surface area contributed by atoms with Crippen LogP contribution in [0.2, 0.25) is 0 Å². The molecule has 0 saturated heterocycles. The number of benzene rings is 1. The van der Waals surface area contributed by atoms with Crippen LogP contribution in [0.25, 0.3) is 0 Å². The second kappa shape index (κ2) is 5.45. The van der Waals surface area contributed by atoms with Crippen LogP contribution >= 0.6 is 0 Å². The van der Waals surface area contributed by atoms with E-state index in [4.69, 9.17) is 0 Å². The molecule has 0 amide bonds. The summed E-state index contributed by atoms with van der Waals surface area (Å²) in [6.45, 7) is 5.89. The summed E-state index contributed by atoms with van der Waals surface area (Å²) < 4.78 is 0. The van der Waals surface area contributed by atoms with Crippen LogP contribution in [-0.4, -0.2) is 0 Å². The molecule has 0 heterocycles. The van der Waals surface area contributed by atoms with Gasteiger partial charge in [-0.05, 0) is 6.92 Å². The fraction of sp³-hybridized carbons (Fsp3) is 0.222. The van der Waals surface area contributed by atoms with Crippen molar-refractivity contribution in [1.29, 1.82) is 0 Å². The third-order valence-electron chi connectivity index (χ3n) is 1.37. The maximum Gasteiger partial charge on any atom is 0 e. The first-order chi connectivity index (χ1) is 4.33. The van der Waals surface area contributed by atoms with Crippen LogP contribution in [0, 0.1) is 63.2 Å². The molecule has 0 N–H and O–H groups in total. The Labute approximate surface area is 104 Å². The molecule has 0 saturated carbocycles. The number of rotatable bonds is 1. The average molecular weight is 271 g/mol. The molecule has 1 rings (SSSR count). The zero-order valence-corrected chi connectivity index (χ0v) is 8.53. The summed E-state index contributed by atoms with van der Waals surface area (Å²) in [5.74, 6) is 0. The van der Waals surface area contributed by atoms with Crippen molar-refractivity contribution in [3.63, 3.8) is 0 Å². The van der Waals surface area contributed by atoms with Gasteiger partial charge in [0.1, 0.15) is 0 Å². The summed E-state index contributed by atoms with van der Waals surface area (Å²) in [6.07, 6.45) is 0.891.